The number of nitrogens with one attached hydrogen (secondary N) is 2. The van der Waals surface area contributed by atoms with Crippen molar-refractivity contribution < 1.29 is 4.79 Å². The Labute approximate surface area is 151 Å². The van der Waals surface area contributed by atoms with Gasteiger partial charge in [0.25, 0.3) is 5.91 Å². The third kappa shape index (κ3) is 4.58. The number of benzene rings is 2. The van der Waals surface area contributed by atoms with E-state index in [0.717, 1.165) is 16.8 Å². The predicted molar refractivity (Wildman–Crippen MR) is 101 cm³/mol. The van der Waals surface area contributed by atoms with Gasteiger partial charge in [-0.2, -0.15) is 0 Å². The SMILES string of the molecule is Cc1ccc(Nc2cc(C(=O)NCc3ccccc3)ccn2)cc1Cl. The molecule has 0 saturated heterocycles. The molecule has 5 heteroatoms. The molecule has 0 aliphatic rings. The number of anilines is 2. The lowest BCUT2D eigenvalue weighted by molar-refractivity contribution is 0.0951. The molecule has 2 aromatic carbocycles. The maximum atomic E-state index is 12.3. The van der Waals surface area contributed by atoms with Gasteiger partial charge < -0.3 is 10.6 Å². The Bertz CT molecular complexity index is 881. The maximum Gasteiger partial charge on any atom is 0.251 e. The molecule has 1 aromatic heterocycles. The van der Waals surface area contributed by atoms with E-state index in [1.807, 2.05) is 55.5 Å². The van der Waals surface area contributed by atoms with Crippen LogP contribution < -0.4 is 10.6 Å². The van der Waals surface area contributed by atoms with Crippen molar-refractivity contribution in [2.45, 2.75) is 13.5 Å². The standard InChI is InChI=1S/C20H18ClN3O/c1-14-7-8-17(12-18(14)21)24-19-11-16(9-10-22-19)20(25)23-13-15-5-3-2-4-6-15/h2-12H,13H2,1H3,(H,22,24)(H,23,25). The number of aromatic nitrogens is 1. The highest BCUT2D eigenvalue weighted by atomic mass is 35.5. The van der Waals surface area contributed by atoms with E-state index in [1.165, 1.54) is 0 Å². The highest BCUT2D eigenvalue weighted by Crippen LogP contribution is 2.22. The van der Waals surface area contributed by atoms with Crippen molar-refractivity contribution in [3.63, 3.8) is 0 Å². The molecule has 0 saturated carbocycles. The fourth-order valence-electron chi connectivity index (χ4n) is 2.34. The van der Waals surface area contributed by atoms with E-state index in [9.17, 15) is 4.79 Å². The molecule has 3 rings (SSSR count). The summed E-state index contributed by atoms with van der Waals surface area (Å²) in [7, 11) is 0. The Morgan fingerprint density at radius 1 is 1.08 bits per heavy atom. The van der Waals surface area contributed by atoms with Crippen LogP contribution in [-0.2, 0) is 6.54 Å². The zero-order chi connectivity index (χ0) is 17.6. The number of halogens is 1. The number of pyridine rings is 1. The van der Waals surface area contributed by atoms with E-state index < -0.39 is 0 Å². The third-order valence-corrected chi connectivity index (χ3v) is 4.17. The number of hydrogen-bond acceptors (Lipinski definition) is 3. The highest BCUT2D eigenvalue weighted by Gasteiger charge is 2.07. The van der Waals surface area contributed by atoms with Crippen LogP contribution in [-0.4, -0.2) is 10.9 Å². The van der Waals surface area contributed by atoms with Crippen LogP contribution in [0.3, 0.4) is 0 Å². The summed E-state index contributed by atoms with van der Waals surface area (Å²) < 4.78 is 0. The van der Waals surface area contributed by atoms with Crippen LogP contribution in [0.5, 0.6) is 0 Å². The molecule has 0 unspecified atom stereocenters. The van der Waals surface area contributed by atoms with Crippen LogP contribution in [0, 0.1) is 6.92 Å². The Balaban J connectivity index is 1.68. The summed E-state index contributed by atoms with van der Waals surface area (Å²) in [6, 6.07) is 18.9. The Hall–Kier alpha value is -2.85. The zero-order valence-corrected chi connectivity index (χ0v) is 14.5. The van der Waals surface area contributed by atoms with E-state index in [-0.39, 0.29) is 5.91 Å². The molecule has 0 spiro atoms. The smallest absolute Gasteiger partial charge is 0.251 e. The molecular weight excluding hydrogens is 334 g/mol. The normalized spacial score (nSPS) is 10.3. The molecule has 0 fully saturated rings. The van der Waals surface area contributed by atoms with Crippen molar-refractivity contribution >= 4 is 29.0 Å². The van der Waals surface area contributed by atoms with Gasteiger partial charge in [0.15, 0.2) is 0 Å². The van der Waals surface area contributed by atoms with Crippen LogP contribution in [0.4, 0.5) is 11.5 Å². The Morgan fingerprint density at radius 2 is 1.88 bits per heavy atom. The predicted octanol–water partition coefficient (Wildman–Crippen LogP) is 4.72. The molecule has 0 atom stereocenters. The quantitative estimate of drug-likeness (QED) is 0.699. The fraction of sp³-hybridized carbons (Fsp3) is 0.100. The molecular formula is C20H18ClN3O. The number of amides is 1. The summed E-state index contributed by atoms with van der Waals surface area (Å²) in [6.45, 7) is 2.43. The van der Waals surface area contributed by atoms with Gasteiger partial charge in [-0.15, -0.1) is 0 Å². The number of carbonyl (C=O) groups excluding carboxylic acids is 1. The van der Waals surface area contributed by atoms with E-state index in [2.05, 4.69) is 15.6 Å². The lowest BCUT2D eigenvalue weighted by Gasteiger charge is -2.09. The highest BCUT2D eigenvalue weighted by molar-refractivity contribution is 6.31. The molecule has 25 heavy (non-hydrogen) atoms. The van der Waals surface area contributed by atoms with Gasteiger partial charge in [0.1, 0.15) is 5.82 Å². The topological polar surface area (TPSA) is 54.0 Å². The first-order valence-corrected chi connectivity index (χ1v) is 8.31. The second kappa shape index (κ2) is 7.81. The minimum absolute atomic E-state index is 0.142. The molecule has 2 N–H and O–H groups in total. The molecule has 3 aromatic rings. The van der Waals surface area contributed by atoms with Crippen molar-refractivity contribution in [3.05, 3.63) is 88.6 Å². The van der Waals surface area contributed by atoms with Crippen molar-refractivity contribution in [1.29, 1.82) is 0 Å². The molecule has 126 valence electrons. The molecule has 0 aliphatic carbocycles. The van der Waals surface area contributed by atoms with Crippen LogP contribution in [0.1, 0.15) is 21.5 Å². The van der Waals surface area contributed by atoms with Gasteiger partial charge >= 0.3 is 0 Å². The summed E-state index contributed by atoms with van der Waals surface area (Å²) in [6.07, 6.45) is 1.61. The van der Waals surface area contributed by atoms with Gasteiger partial charge in [-0.1, -0.05) is 48.0 Å². The van der Waals surface area contributed by atoms with Gasteiger partial charge in [0.2, 0.25) is 0 Å². The molecule has 0 bridgehead atoms. The van der Waals surface area contributed by atoms with E-state index >= 15 is 0 Å². The van der Waals surface area contributed by atoms with Crippen LogP contribution in [0.2, 0.25) is 5.02 Å². The summed E-state index contributed by atoms with van der Waals surface area (Å²) in [5.74, 6) is 0.448. The lowest BCUT2D eigenvalue weighted by Crippen LogP contribution is -2.22. The van der Waals surface area contributed by atoms with E-state index in [1.54, 1.807) is 18.3 Å². The Morgan fingerprint density at radius 3 is 2.64 bits per heavy atom. The van der Waals surface area contributed by atoms with Gasteiger partial charge in [-0.25, -0.2) is 4.98 Å². The van der Waals surface area contributed by atoms with Gasteiger partial charge in [-0.3, -0.25) is 4.79 Å². The average Bonchev–Trinajstić information content (AvgIpc) is 2.64. The summed E-state index contributed by atoms with van der Waals surface area (Å²) >= 11 is 6.14. The summed E-state index contributed by atoms with van der Waals surface area (Å²) in [4.78, 5) is 16.6. The van der Waals surface area contributed by atoms with Crippen LogP contribution >= 0.6 is 11.6 Å². The van der Waals surface area contributed by atoms with Crippen LogP contribution in [0.15, 0.2) is 66.9 Å². The number of carbonyl (C=O) groups is 1. The lowest BCUT2D eigenvalue weighted by atomic mass is 10.2. The molecule has 4 nitrogen and oxygen atoms in total. The summed E-state index contributed by atoms with van der Waals surface area (Å²) in [5, 5.41) is 6.75. The third-order valence-electron chi connectivity index (χ3n) is 3.76. The largest absolute Gasteiger partial charge is 0.348 e. The van der Waals surface area contributed by atoms with Crippen molar-refractivity contribution in [2.75, 3.05) is 5.32 Å². The zero-order valence-electron chi connectivity index (χ0n) is 13.8. The summed E-state index contributed by atoms with van der Waals surface area (Å²) in [5.41, 5.74) is 3.43. The second-order valence-electron chi connectivity index (χ2n) is 5.69. The minimum atomic E-state index is -0.142. The Kier molecular flexibility index (Phi) is 5.31. The van der Waals surface area contributed by atoms with Crippen LogP contribution in [0.25, 0.3) is 0 Å². The van der Waals surface area contributed by atoms with E-state index in [0.29, 0.717) is 22.9 Å². The first-order valence-electron chi connectivity index (χ1n) is 7.93. The van der Waals surface area contributed by atoms with Crippen molar-refractivity contribution in [2.24, 2.45) is 0 Å². The number of rotatable bonds is 5. The number of nitrogens with zero attached hydrogens (tertiary/aromatic N) is 1. The number of hydrogen-bond donors (Lipinski definition) is 2. The van der Waals surface area contributed by atoms with Gasteiger partial charge in [0, 0.05) is 29.0 Å². The van der Waals surface area contributed by atoms with Gasteiger partial charge in [0.05, 0.1) is 0 Å². The minimum Gasteiger partial charge on any atom is -0.348 e. The molecule has 0 aliphatic heterocycles. The van der Waals surface area contributed by atoms with E-state index in [4.69, 9.17) is 11.6 Å². The van der Waals surface area contributed by atoms with Gasteiger partial charge in [-0.05, 0) is 42.3 Å². The monoisotopic (exact) mass is 351 g/mol. The first-order chi connectivity index (χ1) is 12.1. The molecule has 1 heterocycles. The van der Waals surface area contributed by atoms with Crippen molar-refractivity contribution in [1.82, 2.24) is 10.3 Å². The molecule has 1 amide bonds. The average molecular weight is 352 g/mol. The number of aryl methyl sites for hydroxylation is 1. The van der Waals surface area contributed by atoms with Crippen molar-refractivity contribution in [3.8, 4) is 0 Å². The second-order valence-corrected chi connectivity index (χ2v) is 6.09. The molecule has 0 radical (unpaired) electrons. The fourth-order valence-corrected chi connectivity index (χ4v) is 2.52. The maximum absolute atomic E-state index is 12.3. The first kappa shape index (κ1) is 17.0.